The molecular formula is C19H23N. The highest BCUT2D eigenvalue weighted by atomic mass is 15.2. The van der Waals surface area contributed by atoms with E-state index in [0.29, 0.717) is 12.0 Å². The van der Waals surface area contributed by atoms with Crippen LogP contribution in [-0.2, 0) is 0 Å². The van der Waals surface area contributed by atoms with E-state index in [0.717, 1.165) is 0 Å². The van der Waals surface area contributed by atoms with E-state index < -0.39 is 0 Å². The average molecular weight is 265 g/mol. The van der Waals surface area contributed by atoms with E-state index in [-0.39, 0.29) is 0 Å². The van der Waals surface area contributed by atoms with Crippen LogP contribution in [0.2, 0.25) is 0 Å². The quantitative estimate of drug-likeness (QED) is 0.796. The van der Waals surface area contributed by atoms with Gasteiger partial charge in [-0.1, -0.05) is 60.7 Å². The molecule has 20 heavy (non-hydrogen) atoms. The van der Waals surface area contributed by atoms with Crippen molar-refractivity contribution in [1.82, 2.24) is 4.90 Å². The first-order chi connectivity index (χ1) is 9.86. The van der Waals surface area contributed by atoms with Crippen LogP contribution < -0.4 is 0 Å². The van der Waals surface area contributed by atoms with Crippen LogP contribution in [-0.4, -0.2) is 24.0 Å². The first-order valence-electron chi connectivity index (χ1n) is 7.70. The van der Waals surface area contributed by atoms with E-state index in [9.17, 15) is 0 Å². The molecule has 0 spiro atoms. The van der Waals surface area contributed by atoms with Crippen molar-refractivity contribution in [1.29, 1.82) is 0 Å². The molecule has 1 heteroatoms. The summed E-state index contributed by atoms with van der Waals surface area (Å²) in [5, 5.41) is 0. The van der Waals surface area contributed by atoms with Gasteiger partial charge in [-0.2, -0.15) is 0 Å². The largest absolute Gasteiger partial charge is 0.300 e. The molecule has 104 valence electrons. The van der Waals surface area contributed by atoms with Gasteiger partial charge in [0.05, 0.1) is 0 Å². The lowest BCUT2D eigenvalue weighted by atomic mass is 9.85. The van der Waals surface area contributed by atoms with Gasteiger partial charge < -0.3 is 0 Å². The molecule has 1 fully saturated rings. The summed E-state index contributed by atoms with van der Waals surface area (Å²) >= 11 is 0. The molecule has 0 N–H and O–H groups in total. The van der Waals surface area contributed by atoms with E-state index in [2.05, 4.69) is 72.5 Å². The molecule has 0 radical (unpaired) electrons. The highest BCUT2D eigenvalue weighted by Crippen LogP contribution is 2.32. The Morgan fingerprint density at radius 1 is 0.750 bits per heavy atom. The normalized spacial score (nSPS) is 17.5. The minimum absolute atomic E-state index is 0.468. The fraction of sp³-hybridized carbons (Fsp3) is 0.368. The maximum absolute atomic E-state index is 2.64. The van der Waals surface area contributed by atoms with Crippen LogP contribution in [0, 0.1) is 0 Å². The van der Waals surface area contributed by atoms with Crippen LogP contribution in [0.1, 0.15) is 36.8 Å². The van der Waals surface area contributed by atoms with Gasteiger partial charge in [-0.15, -0.1) is 0 Å². The third kappa shape index (κ3) is 2.78. The molecule has 0 unspecified atom stereocenters. The zero-order valence-electron chi connectivity index (χ0n) is 12.2. The van der Waals surface area contributed by atoms with Crippen LogP contribution in [0.15, 0.2) is 60.7 Å². The molecule has 0 saturated carbocycles. The van der Waals surface area contributed by atoms with Gasteiger partial charge in [-0.05, 0) is 44.0 Å². The van der Waals surface area contributed by atoms with E-state index in [1.54, 1.807) is 0 Å². The van der Waals surface area contributed by atoms with Crippen molar-refractivity contribution in [2.75, 3.05) is 13.1 Å². The van der Waals surface area contributed by atoms with Gasteiger partial charge in [-0.25, -0.2) is 0 Å². The number of benzene rings is 2. The van der Waals surface area contributed by atoms with Crippen LogP contribution in [0.25, 0.3) is 0 Å². The van der Waals surface area contributed by atoms with Crippen molar-refractivity contribution in [3.05, 3.63) is 71.8 Å². The second-order valence-corrected chi connectivity index (χ2v) is 5.78. The van der Waals surface area contributed by atoms with Gasteiger partial charge >= 0.3 is 0 Å². The molecule has 3 rings (SSSR count). The Balaban J connectivity index is 1.95. The number of nitrogens with zero attached hydrogens (tertiary/aromatic N) is 1. The van der Waals surface area contributed by atoms with E-state index in [1.807, 2.05) is 0 Å². The van der Waals surface area contributed by atoms with Crippen LogP contribution in [0.5, 0.6) is 0 Å². The van der Waals surface area contributed by atoms with Crippen molar-refractivity contribution in [2.24, 2.45) is 0 Å². The number of rotatable bonds is 4. The van der Waals surface area contributed by atoms with Crippen molar-refractivity contribution >= 4 is 0 Å². The first-order valence-corrected chi connectivity index (χ1v) is 7.70. The van der Waals surface area contributed by atoms with Crippen molar-refractivity contribution in [3.8, 4) is 0 Å². The Hall–Kier alpha value is -1.60. The standard InChI is InChI=1S/C19H23N/c1-16(20-14-8-9-15-20)19(17-10-4-2-5-11-17)18-12-6-3-7-13-18/h2-7,10-13,16,19H,8-9,14-15H2,1H3/t16-/m1/s1. The zero-order chi connectivity index (χ0) is 13.8. The third-order valence-electron chi connectivity index (χ3n) is 4.52. The highest BCUT2D eigenvalue weighted by molar-refractivity contribution is 5.34. The third-order valence-corrected chi connectivity index (χ3v) is 4.52. The molecule has 1 atom stereocenters. The summed E-state index contributed by atoms with van der Waals surface area (Å²) in [4.78, 5) is 2.64. The maximum atomic E-state index is 2.64. The summed E-state index contributed by atoms with van der Waals surface area (Å²) in [5.74, 6) is 0.468. The lowest BCUT2D eigenvalue weighted by Gasteiger charge is -2.32. The van der Waals surface area contributed by atoms with Crippen LogP contribution >= 0.6 is 0 Å². The lowest BCUT2D eigenvalue weighted by molar-refractivity contribution is 0.239. The minimum Gasteiger partial charge on any atom is -0.300 e. The fourth-order valence-corrected chi connectivity index (χ4v) is 3.43. The summed E-state index contributed by atoms with van der Waals surface area (Å²) in [7, 11) is 0. The van der Waals surface area contributed by atoms with Crippen LogP contribution in [0.4, 0.5) is 0 Å². The Labute approximate surface area is 122 Å². The van der Waals surface area contributed by atoms with Gasteiger partial charge in [0.2, 0.25) is 0 Å². The molecule has 2 aromatic carbocycles. The van der Waals surface area contributed by atoms with E-state index >= 15 is 0 Å². The monoisotopic (exact) mass is 265 g/mol. The molecular weight excluding hydrogens is 242 g/mol. The SMILES string of the molecule is C[C@H](C(c1ccccc1)c1ccccc1)N1CCCC1. The molecule has 1 saturated heterocycles. The van der Waals surface area contributed by atoms with Crippen molar-refractivity contribution in [2.45, 2.75) is 31.7 Å². The van der Waals surface area contributed by atoms with Gasteiger partial charge in [0.15, 0.2) is 0 Å². The second kappa shape index (κ2) is 6.23. The van der Waals surface area contributed by atoms with Gasteiger partial charge in [-0.3, -0.25) is 4.90 Å². The Morgan fingerprint density at radius 3 is 1.65 bits per heavy atom. The molecule has 1 nitrogen and oxygen atoms in total. The van der Waals surface area contributed by atoms with Crippen molar-refractivity contribution in [3.63, 3.8) is 0 Å². The minimum atomic E-state index is 0.468. The summed E-state index contributed by atoms with van der Waals surface area (Å²) in [6, 6.07) is 22.5. The Kier molecular flexibility index (Phi) is 4.17. The fourth-order valence-electron chi connectivity index (χ4n) is 3.43. The highest BCUT2D eigenvalue weighted by Gasteiger charge is 2.27. The van der Waals surface area contributed by atoms with E-state index in [4.69, 9.17) is 0 Å². The molecule has 0 bridgehead atoms. The molecule has 0 aromatic heterocycles. The van der Waals surface area contributed by atoms with Crippen LogP contribution in [0.3, 0.4) is 0 Å². The summed E-state index contributed by atoms with van der Waals surface area (Å²) in [6.07, 6.45) is 2.70. The molecule has 0 aliphatic carbocycles. The summed E-state index contributed by atoms with van der Waals surface area (Å²) in [5.41, 5.74) is 2.86. The number of hydrogen-bond acceptors (Lipinski definition) is 1. The van der Waals surface area contributed by atoms with Gasteiger partial charge in [0.25, 0.3) is 0 Å². The van der Waals surface area contributed by atoms with Gasteiger partial charge in [0, 0.05) is 12.0 Å². The lowest BCUT2D eigenvalue weighted by Crippen LogP contribution is -2.35. The molecule has 0 amide bonds. The zero-order valence-corrected chi connectivity index (χ0v) is 12.2. The predicted molar refractivity (Wildman–Crippen MR) is 85.0 cm³/mol. The van der Waals surface area contributed by atoms with E-state index in [1.165, 1.54) is 37.1 Å². The molecule has 2 aromatic rings. The Bertz CT molecular complexity index is 474. The average Bonchev–Trinajstić information content (AvgIpc) is 3.04. The number of hydrogen-bond donors (Lipinski definition) is 0. The van der Waals surface area contributed by atoms with Crippen molar-refractivity contribution < 1.29 is 0 Å². The maximum Gasteiger partial charge on any atom is 0.0243 e. The van der Waals surface area contributed by atoms with Gasteiger partial charge in [0.1, 0.15) is 0 Å². The molecule has 1 heterocycles. The smallest absolute Gasteiger partial charge is 0.0243 e. The first kappa shape index (κ1) is 13.4. The Morgan fingerprint density at radius 2 is 1.20 bits per heavy atom. The summed E-state index contributed by atoms with van der Waals surface area (Å²) in [6.45, 7) is 4.88. The summed E-state index contributed by atoms with van der Waals surface area (Å²) < 4.78 is 0. The molecule has 1 aliphatic heterocycles. The predicted octanol–water partition coefficient (Wildman–Crippen LogP) is 4.30. The molecule has 1 aliphatic rings. The number of likely N-dealkylation sites (tertiary alicyclic amines) is 1. The topological polar surface area (TPSA) is 3.24 Å². The second-order valence-electron chi connectivity index (χ2n) is 5.78.